The molecule has 1 fully saturated rings. The van der Waals surface area contributed by atoms with Crippen molar-refractivity contribution in [2.24, 2.45) is 5.92 Å². The first kappa shape index (κ1) is 17.2. The van der Waals surface area contributed by atoms with Crippen LogP contribution in [0.1, 0.15) is 29.6 Å². The molecule has 2 rings (SSSR count). The van der Waals surface area contributed by atoms with Gasteiger partial charge in [-0.05, 0) is 60.3 Å². The van der Waals surface area contributed by atoms with Gasteiger partial charge < -0.3 is 15.6 Å². The smallest absolute Gasteiger partial charge is 0.262 e. The van der Waals surface area contributed by atoms with Crippen LogP contribution in [-0.4, -0.2) is 30.5 Å². The van der Waals surface area contributed by atoms with Gasteiger partial charge in [0.05, 0.1) is 10.0 Å². The first-order valence-corrected chi connectivity index (χ1v) is 7.33. The highest BCUT2D eigenvalue weighted by Gasteiger charge is 2.13. The van der Waals surface area contributed by atoms with Crippen LogP contribution in [0.5, 0.6) is 0 Å². The van der Waals surface area contributed by atoms with Crippen LogP contribution in [0.2, 0.25) is 0 Å². The standard InChI is InChI=1S/C13H18BrN3O2.ClH/c14-11-6-10(8-17-13(11)19)12(18)16-5-3-9-2-1-4-15-7-9;/h6,8-9,15H,1-5,7H2,(H,16,18)(H,17,19);1H. The monoisotopic (exact) mass is 363 g/mol. The van der Waals surface area contributed by atoms with Crippen molar-refractivity contribution in [2.75, 3.05) is 19.6 Å². The van der Waals surface area contributed by atoms with Crippen molar-refractivity contribution in [3.05, 3.63) is 32.7 Å². The molecule has 1 aromatic heterocycles. The number of carbonyl (C=O) groups excluding carboxylic acids is 1. The van der Waals surface area contributed by atoms with Crippen molar-refractivity contribution in [3.63, 3.8) is 0 Å². The second-order valence-electron chi connectivity index (χ2n) is 4.82. The summed E-state index contributed by atoms with van der Waals surface area (Å²) in [6.45, 7) is 2.82. The third-order valence-corrected chi connectivity index (χ3v) is 3.95. The van der Waals surface area contributed by atoms with E-state index in [0.29, 0.717) is 22.5 Å². The number of amides is 1. The maximum Gasteiger partial charge on any atom is 0.262 e. The summed E-state index contributed by atoms with van der Waals surface area (Å²) in [5.41, 5.74) is 0.234. The topological polar surface area (TPSA) is 74.0 Å². The van der Waals surface area contributed by atoms with Crippen molar-refractivity contribution in [2.45, 2.75) is 19.3 Å². The van der Waals surface area contributed by atoms with Gasteiger partial charge in [0, 0.05) is 12.7 Å². The third kappa shape index (κ3) is 4.92. The lowest BCUT2D eigenvalue weighted by Crippen LogP contribution is -2.33. The fourth-order valence-corrected chi connectivity index (χ4v) is 2.61. The van der Waals surface area contributed by atoms with E-state index in [1.54, 1.807) is 0 Å². The molecule has 0 spiro atoms. The molecular weight excluding hydrogens is 346 g/mol. The summed E-state index contributed by atoms with van der Waals surface area (Å²) in [6, 6.07) is 1.54. The van der Waals surface area contributed by atoms with Crippen molar-refractivity contribution < 1.29 is 4.79 Å². The van der Waals surface area contributed by atoms with Crippen molar-refractivity contribution in [3.8, 4) is 0 Å². The predicted molar refractivity (Wildman–Crippen MR) is 84.6 cm³/mol. The van der Waals surface area contributed by atoms with E-state index in [2.05, 4.69) is 31.5 Å². The molecule has 20 heavy (non-hydrogen) atoms. The second kappa shape index (κ2) is 8.44. The van der Waals surface area contributed by atoms with Gasteiger partial charge in [-0.15, -0.1) is 12.4 Å². The number of aromatic amines is 1. The molecule has 7 heteroatoms. The highest BCUT2D eigenvalue weighted by molar-refractivity contribution is 9.10. The van der Waals surface area contributed by atoms with Crippen LogP contribution in [0.4, 0.5) is 0 Å². The van der Waals surface area contributed by atoms with E-state index < -0.39 is 0 Å². The highest BCUT2D eigenvalue weighted by Crippen LogP contribution is 2.13. The summed E-state index contributed by atoms with van der Waals surface area (Å²) >= 11 is 3.11. The molecule has 0 aliphatic carbocycles. The van der Waals surface area contributed by atoms with Gasteiger partial charge in [-0.2, -0.15) is 0 Å². The zero-order valence-corrected chi connectivity index (χ0v) is 13.5. The minimum absolute atomic E-state index is 0. The van der Waals surface area contributed by atoms with Gasteiger partial charge in [0.15, 0.2) is 0 Å². The Kier molecular flexibility index (Phi) is 7.26. The number of carbonyl (C=O) groups is 1. The molecule has 2 heterocycles. The number of H-pyrrole nitrogens is 1. The molecule has 1 aromatic rings. The summed E-state index contributed by atoms with van der Waals surface area (Å²) in [5, 5.41) is 6.24. The lowest BCUT2D eigenvalue weighted by atomic mass is 9.96. The maximum atomic E-state index is 11.9. The van der Waals surface area contributed by atoms with E-state index in [-0.39, 0.29) is 23.9 Å². The lowest BCUT2D eigenvalue weighted by molar-refractivity contribution is 0.0950. The van der Waals surface area contributed by atoms with E-state index in [0.717, 1.165) is 19.5 Å². The van der Waals surface area contributed by atoms with Gasteiger partial charge in [0.25, 0.3) is 11.5 Å². The van der Waals surface area contributed by atoms with Crippen LogP contribution in [0.3, 0.4) is 0 Å². The molecule has 1 atom stereocenters. The Balaban J connectivity index is 0.00000200. The van der Waals surface area contributed by atoms with Gasteiger partial charge in [-0.25, -0.2) is 0 Å². The van der Waals surface area contributed by atoms with Crippen molar-refractivity contribution in [1.29, 1.82) is 0 Å². The fourth-order valence-electron chi connectivity index (χ4n) is 2.25. The minimum Gasteiger partial charge on any atom is -0.352 e. The van der Waals surface area contributed by atoms with E-state index in [9.17, 15) is 9.59 Å². The summed E-state index contributed by atoms with van der Waals surface area (Å²) < 4.78 is 0.372. The summed E-state index contributed by atoms with van der Waals surface area (Å²) in [6.07, 6.45) is 4.87. The van der Waals surface area contributed by atoms with Crippen LogP contribution in [0.25, 0.3) is 0 Å². The number of hydrogen-bond acceptors (Lipinski definition) is 3. The Bertz CT molecular complexity index is 501. The van der Waals surface area contributed by atoms with Crippen LogP contribution in [0.15, 0.2) is 21.5 Å². The van der Waals surface area contributed by atoms with E-state index >= 15 is 0 Å². The van der Waals surface area contributed by atoms with Gasteiger partial charge >= 0.3 is 0 Å². The number of hydrogen-bond donors (Lipinski definition) is 3. The largest absolute Gasteiger partial charge is 0.352 e. The molecule has 0 bridgehead atoms. The normalized spacial score (nSPS) is 18.1. The molecule has 1 saturated heterocycles. The van der Waals surface area contributed by atoms with Gasteiger partial charge in [-0.3, -0.25) is 9.59 Å². The van der Waals surface area contributed by atoms with Crippen LogP contribution < -0.4 is 16.2 Å². The zero-order chi connectivity index (χ0) is 13.7. The minimum atomic E-state index is -0.232. The summed E-state index contributed by atoms with van der Waals surface area (Å²) in [5.74, 6) is 0.497. The Morgan fingerprint density at radius 3 is 2.95 bits per heavy atom. The quantitative estimate of drug-likeness (QED) is 0.761. The molecule has 0 aromatic carbocycles. The number of halogens is 2. The average Bonchev–Trinajstić information content (AvgIpc) is 2.43. The van der Waals surface area contributed by atoms with Crippen LogP contribution in [-0.2, 0) is 0 Å². The van der Waals surface area contributed by atoms with Gasteiger partial charge in [0.2, 0.25) is 0 Å². The van der Waals surface area contributed by atoms with E-state index in [1.807, 2.05) is 0 Å². The summed E-state index contributed by atoms with van der Waals surface area (Å²) in [7, 11) is 0. The summed E-state index contributed by atoms with van der Waals surface area (Å²) in [4.78, 5) is 25.6. The van der Waals surface area contributed by atoms with Gasteiger partial charge in [-0.1, -0.05) is 0 Å². The Morgan fingerprint density at radius 1 is 1.50 bits per heavy atom. The molecule has 1 aliphatic heterocycles. The number of pyridine rings is 1. The molecular formula is C13H19BrClN3O2. The molecule has 0 radical (unpaired) electrons. The van der Waals surface area contributed by atoms with Crippen LogP contribution in [0, 0.1) is 5.92 Å². The lowest BCUT2D eigenvalue weighted by Gasteiger charge is -2.22. The zero-order valence-electron chi connectivity index (χ0n) is 11.1. The fraction of sp³-hybridized carbons (Fsp3) is 0.538. The number of rotatable bonds is 4. The SMILES string of the molecule is Cl.O=C(NCCC1CCCNC1)c1c[nH]c(=O)c(Br)c1. The third-order valence-electron chi connectivity index (χ3n) is 3.36. The van der Waals surface area contributed by atoms with Gasteiger partial charge in [0.1, 0.15) is 0 Å². The number of nitrogens with one attached hydrogen (secondary N) is 3. The number of piperidine rings is 1. The van der Waals surface area contributed by atoms with Crippen molar-refractivity contribution in [1.82, 2.24) is 15.6 Å². The Labute approximate surface area is 132 Å². The average molecular weight is 365 g/mol. The molecule has 5 nitrogen and oxygen atoms in total. The second-order valence-corrected chi connectivity index (χ2v) is 5.68. The van der Waals surface area contributed by atoms with E-state index in [4.69, 9.17) is 0 Å². The van der Waals surface area contributed by atoms with Crippen molar-refractivity contribution >= 4 is 34.2 Å². The molecule has 1 amide bonds. The first-order chi connectivity index (χ1) is 9.16. The maximum absolute atomic E-state index is 11.9. The molecule has 1 unspecified atom stereocenters. The molecule has 112 valence electrons. The molecule has 1 aliphatic rings. The van der Waals surface area contributed by atoms with Crippen LogP contribution >= 0.6 is 28.3 Å². The Hall–Kier alpha value is -0.850. The predicted octanol–water partition coefficient (Wildman–Crippen LogP) is 1.68. The van der Waals surface area contributed by atoms with E-state index in [1.165, 1.54) is 25.1 Å². The highest BCUT2D eigenvalue weighted by atomic mass is 79.9. The molecule has 0 saturated carbocycles. The first-order valence-electron chi connectivity index (χ1n) is 6.54. The molecule has 3 N–H and O–H groups in total. The number of aromatic nitrogens is 1. The Morgan fingerprint density at radius 2 is 2.30 bits per heavy atom.